The highest BCUT2D eigenvalue weighted by atomic mass is 15.2. The van der Waals surface area contributed by atoms with E-state index in [-0.39, 0.29) is 0 Å². The van der Waals surface area contributed by atoms with Crippen LogP contribution in [0.15, 0.2) is 12.4 Å². The largest absolute Gasteiger partial charge is 0.303 e. The molecule has 0 spiro atoms. The Morgan fingerprint density at radius 2 is 2.11 bits per heavy atom. The number of likely N-dealkylation sites (tertiary alicyclic amines) is 1. The van der Waals surface area contributed by atoms with Gasteiger partial charge in [0.15, 0.2) is 0 Å². The molecule has 1 aromatic rings. The van der Waals surface area contributed by atoms with Crippen molar-refractivity contribution in [1.82, 2.24) is 19.8 Å². The summed E-state index contributed by atoms with van der Waals surface area (Å²) in [6, 6.07) is 0. The van der Waals surface area contributed by atoms with E-state index in [1.807, 2.05) is 19.3 Å². The van der Waals surface area contributed by atoms with Crippen LogP contribution in [0.3, 0.4) is 0 Å². The molecule has 1 fully saturated rings. The molecule has 0 N–H and O–H groups in total. The molecule has 1 aromatic heterocycles. The van der Waals surface area contributed by atoms with Crippen LogP contribution < -0.4 is 0 Å². The number of hydrogen-bond donors (Lipinski definition) is 0. The second-order valence-corrected chi connectivity index (χ2v) is 5.38. The van der Waals surface area contributed by atoms with Gasteiger partial charge in [0.2, 0.25) is 0 Å². The van der Waals surface area contributed by atoms with Gasteiger partial charge in [-0.2, -0.15) is 0 Å². The van der Waals surface area contributed by atoms with Gasteiger partial charge in [0, 0.05) is 37.6 Å². The average Bonchev–Trinajstić information content (AvgIpc) is 2.79. The smallest absolute Gasteiger partial charge is 0.125 e. The Labute approximate surface area is 110 Å². The molecule has 0 unspecified atom stereocenters. The molecule has 2 rings (SSSR count). The number of aryl methyl sites for hydroxylation is 1. The Morgan fingerprint density at radius 3 is 2.72 bits per heavy atom. The van der Waals surface area contributed by atoms with Crippen molar-refractivity contribution in [3.05, 3.63) is 23.8 Å². The molecule has 0 radical (unpaired) electrons. The minimum Gasteiger partial charge on any atom is -0.303 e. The summed E-state index contributed by atoms with van der Waals surface area (Å²) in [5, 5.41) is 0. The van der Waals surface area contributed by atoms with Gasteiger partial charge in [0.25, 0.3) is 0 Å². The molecule has 2 heterocycles. The van der Waals surface area contributed by atoms with E-state index in [0.717, 1.165) is 18.3 Å². The molecule has 0 saturated carbocycles. The molecule has 1 atom stereocenters. The van der Waals surface area contributed by atoms with Gasteiger partial charge < -0.3 is 9.80 Å². The van der Waals surface area contributed by atoms with E-state index in [1.54, 1.807) is 0 Å². The lowest BCUT2D eigenvalue weighted by Gasteiger charge is -2.21. The highest BCUT2D eigenvalue weighted by Crippen LogP contribution is 2.17. The minimum absolute atomic E-state index is 0.821. The number of hydrogen-bond acceptors (Lipinski definition) is 4. The second-order valence-electron chi connectivity index (χ2n) is 5.38. The fourth-order valence-electron chi connectivity index (χ4n) is 2.67. The lowest BCUT2D eigenvalue weighted by Crippen LogP contribution is -2.28. The normalized spacial score (nSPS) is 20.8. The zero-order chi connectivity index (χ0) is 13.0. The summed E-state index contributed by atoms with van der Waals surface area (Å²) in [7, 11) is 2.19. The van der Waals surface area contributed by atoms with E-state index in [0.29, 0.717) is 0 Å². The first kappa shape index (κ1) is 13.4. The molecule has 4 heteroatoms. The molecule has 0 aliphatic carbocycles. The number of nitrogens with zero attached hydrogens (tertiary/aromatic N) is 4. The van der Waals surface area contributed by atoms with Gasteiger partial charge in [-0.05, 0) is 39.4 Å². The van der Waals surface area contributed by atoms with Crippen LogP contribution in [0.25, 0.3) is 0 Å². The molecule has 1 aliphatic rings. The third-order valence-electron chi connectivity index (χ3n) is 3.67. The molecular weight excluding hydrogens is 224 g/mol. The highest BCUT2D eigenvalue weighted by Gasteiger charge is 2.22. The van der Waals surface area contributed by atoms with Crippen molar-refractivity contribution in [2.75, 3.05) is 33.2 Å². The van der Waals surface area contributed by atoms with Crippen LogP contribution in [-0.4, -0.2) is 53.0 Å². The lowest BCUT2D eigenvalue weighted by atomic mass is 10.1. The molecule has 1 aliphatic heterocycles. The Hall–Kier alpha value is -1.00. The minimum atomic E-state index is 0.821. The summed E-state index contributed by atoms with van der Waals surface area (Å²) in [6.45, 7) is 9.99. The summed E-state index contributed by atoms with van der Waals surface area (Å²) in [5.74, 6) is 1.66. The molecule has 4 nitrogen and oxygen atoms in total. The predicted molar refractivity (Wildman–Crippen MR) is 73.3 cm³/mol. The van der Waals surface area contributed by atoms with Gasteiger partial charge in [-0.1, -0.05) is 6.92 Å². The Kier molecular flexibility index (Phi) is 4.66. The first-order valence-electron chi connectivity index (χ1n) is 6.85. The number of rotatable bonds is 5. The second kappa shape index (κ2) is 6.25. The van der Waals surface area contributed by atoms with Crippen molar-refractivity contribution in [2.24, 2.45) is 5.92 Å². The maximum Gasteiger partial charge on any atom is 0.125 e. The fourth-order valence-corrected chi connectivity index (χ4v) is 2.67. The third kappa shape index (κ3) is 3.75. The maximum absolute atomic E-state index is 4.24. The van der Waals surface area contributed by atoms with Crippen LogP contribution in [-0.2, 0) is 6.54 Å². The Bertz CT molecular complexity index is 363. The lowest BCUT2D eigenvalue weighted by molar-refractivity contribution is 0.260. The standard InChI is InChI=1S/C14H24N4/c1-4-18-6-5-13(11-18)9-17(3)10-14-7-15-12(2)16-8-14/h7-8,13H,4-6,9-11H2,1-3H3/t13-/m0/s1. The fraction of sp³-hybridized carbons (Fsp3) is 0.714. The average molecular weight is 248 g/mol. The van der Waals surface area contributed by atoms with E-state index in [2.05, 4.69) is 33.7 Å². The molecular formula is C14H24N4. The molecule has 100 valence electrons. The summed E-state index contributed by atoms with van der Waals surface area (Å²) >= 11 is 0. The topological polar surface area (TPSA) is 32.3 Å². The van der Waals surface area contributed by atoms with Crippen molar-refractivity contribution < 1.29 is 0 Å². The van der Waals surface area contributed by atoms with Crippen molar-refractivity contribution in [3.63, 3.8) is 0 Å². The van der Waals surface area contributed by atoms with Crippen LogP contribution >= 0.6 is 0 Å². The van der Waals surface area contributed by atoms with Crippen molar-refractivity contribution in [3.8, 4) is 0 Å². The van der Waals surface area contributed by atoms with Crippen LogP contribution in [0.4, 0.5) is 0 Å². The molecule has 0 aromatic carbocycles. The summed E-state index contributed by atoms with van der Waals surface area (Å²) < 4.78 is 0. The molecule has 0 amide bonds. The van der Waals surface area contributed by atoms with Gasteiger partial charge in [-0.3, -0.25) is 0 Å². The monoisotopic (exact) mass is 248 g/mol. The van der Waals surface area contributed by atoms with Gasteiger partial charge in [-0.15, -0.1) is 0 Å². The number of aromatic nitrogens is 2. The van der Waals surface area contributed by atoms with Crippen molar-refractivity contribution >= 4 is 0 Å². The van der Waals surface area contributed by atoms with Crippen LogP contribution in [0.1, 0.15) is 24.7 Å². The molecule has 18 heavy (non-hydrogen) atoms. The van der Waals surface area contributed by atoms with Gasteiger partial charge in [-0.25, -0.2) is 9.97 Å². The van der Waals surface area contributed by atoms with Crippen LogP contribution in [0, 0.1) is 12.8 Å². The van der Waals surface area contributed by atoms with Crippen LogP contribution in [0.5, 0.6) is 0 Å². The van der Waals surface area contributed by atoms with E-state index >= 15 is 0 Å². The molecule has 1 saturated heterocycles. The van der Waals surface area contributed by atoms with E-state index < -0.39 is 0 Å². The zero-order valence-corrected chi connectivity index (χ0v) is 11.8. The van der Waals surface area contributed by atoms with Crippen molar-refractivity contribution in [1.29, 1.82) is 0 Å². The van der Waals surface area contributed by atoms with Gasteiger partial charge >= 0.3 is 0 Å². The van der Waals surface area contributed by atoms with Crippen molar-refractivity contribution in [2.45, 2.75) is 26.8 Å². The SMILES string of the molecule is CCN1CC[C@@H](CN(C)Cc2cnc(C)nc2)C1. The van der Waals surface area contributed by atoms with Gasteiger partial charge in [0.05, 0.1) is 0 Å². The maximum atomic E-state index is 4.24. The van der Waals surface area contributed by atoms with E-state index in [4.69, 9.17) is 0 Å². The Balaban J connectivity index is 1.78. The van der Waals surface area contributed by atoms with E-state index in [1.165, 1.54) is 38.2 Å². The first-order valence-corrected chi connectivity index (χ1v) is 6.85. The summed E-state index contributed by atoms with van der Waals surface area (Å²) in [6.07, 6.45) is 5.21. The molecule has 0 bridgehead atoms. The summed E-state index contributed by atoms with van der Waals surface area (Å²) in [4.78, 5) is 13.4. The van der Waals surface area contributed by atoms with E-state index in [9.17, 15) is 0 Å². The third-order valence-corrected chi connectivity index (χ3v) is 3.67. The summed E-state index contributed by atoms with van der Waals surface area (Å²) in [5.41, 5.74) is 1.20. The Morgan fingerprint density at radius 1 is 1.39 bits per heavy atom. The van der Waals surface area contributed by atoms with Gasteiger partial charge in [0.1, 0.15) is 5.82 Å². The van der Waals surface area contributed by atoms with Crippen LogP contribution in [0.2, 0.25) is 0 Å². The first-order chi connectivity index (χ1) is 8.67. The highest BCUT2D eigenvalue weighted by molar-refractivity contribution is 5.04. The quantitative estimate of drug-likeness (QED) is 0.791. The predicted octanol–water partition coefficient (Wildman–Crippen LogP) is 1.56. The zero-order valence-electron chi connectivity index (χ0n) is 11.8.